The zero-order valence-electron chi connectivity index (χ0n) is 18.8. The van der Waals surface area contributed by atoms with Gasteiger partial charge >= 0.3 is 0 Å². The predicted molar refractivity (Wildman–Crippen MR) is 133 cm³/mol. The van der Waals surface area contributed by atoms with E-state index in [1.54, 1.807) is 0 Å². The van der Waals surface area contributed by atoms with Gasteiger partial charge in [0.05, 0.1) is 0 Å². The molecule has 1 unspecified atom stereocenters. The molecule has 0 aromatic carbocycles. The van der Waals surface area contributed by atoms with E-state index >= 15 is 0 Å². The molecule has 1 aliphatic carbocycles. The number of carbonyl (C=O) groups is 1. The zero-order valence-corrected chi connectivity index (χ0v) is 21.1. The fraction of sp³-hybridized carbons (Fsp3) is 0.818. The van der Waals surface area contributed by atoms with E-state index in [0.29, 0.717) is 12.5 Å². The highest BCUT2D eigenvalue weighted by Gasteiger charge is 2.32. The summed E-state index contributed by atoms with van der Waals surface area (Å²) in [5.74, 6) is 3.67. The number of hydrogen-bond donors (Lipinski definition) is 2. The van der Waals surface area contributed by atoms with Gasteiger partial charge in [0, 0.05) is 57.5 Å². The zero-order chi connectivity index (χ0) is 20.8. The van der Waals surface area contributed by atoms with Crippen molar-refractivity contribution in [2.75, 3.05) is 26.2 Å². The second kappa shape index (κ2) is 12.0. The van der Waals surface area contributed by atoms with E-state index in [-0.39, 0.29) is 35.9 Å². The van der Waals surface area contributed by atoms with Crippen molar-refractivity contribution in [3.8, 4) is 0 Å². The Morgan fingerprint density at radius 1 is 1.10 bits per heavy atom. The maximum Gasteiger partial charge on any atom is 0.225 e. The first kappa shape index (κ1) is 24.3. The maximum absolute atomic E-state index is 12.7. The quantitative estimate of drug-likeness (QED) is 0.327. The van der Waals surface area contributed by atoms with E-state index in [2.05, 4.69) is 37.2 Å². The lowest BCUT2D eigenvalue weighted by Gasteiger charge is -2.21. The molecule has 1 aromatic heterocycles. The van der Waals surface area contributed by atoms with Crippen LogP contribution in [0.3, 0.4) is 0 Å². The number of nitrogens with zero attached hydrogens (tertiary/aromatic N) is 5. The lowest BCUT2D eigenvalue weighted by Crippen LogP contribution is -2.45. The number of aryl methyl sites for hydroxylation is 1. The first-order chi connectivity index (χ1) is 14.7. The number of aliphatic imine (C=N–C) groups is 1. The minimum absolute atomic E-state index is 0. The Morgan fingerprint density at radius 2 is 1.94 bits per heavy atom. The Kier molecular flexibility index (Phi) is 9.40. The average Bonchev–Trinajstić information content (AvgIpc) is 3.48. The van der Waals surface area contributed by atoms with Gasteiger partial charge in [-0.3, -0.25) is 9.79 Å². The Balaban J connectivity index is 0.00000272. The van der Waals surface area contributed by atoms with Crippen molar-refractivity contribution in [2.24, 2.45) is 10.9 Å². The molecule has 3 aliphatic rings. The van der Waals surface area contributed by atoms with Crippen LogP contribution in [0.4, 0.5) is 0 Å². The number of guanidine groups is 1. The number of hydrogen-bond acceptors (Lipinski definition) is 4. The smallest absolute Gasteiger partial charge is 0.225 e. The van der Waals surface area contributed by atoms with Crippen LogP contribution >= 0.6 is 24.0 Å². The molecule has 4 rings (SSSR count). The van der Waals surface area contributed by atoms with Crippen molar-refractivity contribution < 1.29 is 4.79 Å². The Morgan fingerprint density at radius 3 is 2.74 bits per heavy atom. The third kappa shape index (κ3) is 6.32. The summed E-state index contributed by atoms with van der Waals surface area (Å²) in [5.41, 5.74) is 0. The summed E-state index contributed by atoms with van der Waals surface area (Å²) in [6, 6.07) is 0.275. The van der Waals surface area contributed by atoms with Crippen LogP contribution in [0, 0.1) is 5.92 Å². The van der Waals surface area contributed by atoms with Crippen molar-refractivity contribution in [1.82, 2.24) is 30.3 Å². The van der Waals surface area contributed by atoms with Gasteiger partial charge in [-0.15, -0.1) is 34.2 Å². The molecule has 8 nitrogen and oxygen atoms in total. The Hall–Kier alpha value is -1.39. The molecule has 0 radical (unpaired) electrons. The summed E-state index contributed by atoms with van der Waals surface area (Å²) in [6.45, 7) is 6.27. The van der Waals surface area contributed by atoms with Crippen LogP contribution in [0.2, 0.25) is 0 Å². The second-order valence-corrected chi connectivity index (χ2v) is 8.90. The minimum atomic E-state index is 0. The van der Waals surface area contributed by atoms with Gasteiger partial charge in [-0.1, -0.05) is 19.3 Å². The molecule has 2 fully saturated rings. The van der Waals surface area contributed by atoms with E-state index in [0.717, 1.165) is 75.9 Å². The Labute approximate surface area is 203 Å². The summed E-state index contributed by atoms with van der Waals surface area (Å²) in [5, 5.41) is 15.7. The normalized spacial score (nSPS) is 22.0. The first-order valence-electron chi connectivity index (χ1n) is 12.0. The molecule has 2 aliphatic heterocycles. The van der Waals surface area contributed by atoms with Gasteiger partial charge in [-0.2, -0.15) is 0 Å². The van der Waals surface area contributed by atoms with Gasteiger partial charge in [0.15, 0.2) is 5.96 Å². The van der Waals surface area contributed by atoms with E-state index < -0.39 is 0 Å². The van der Waals surface area contributed by atoms with E-state index in [1.807, 2.05) is 0 Å². The number of likely N-dealkylation sites (tertiary alicyclic amines) is 1. The third-order valence-electron chi connectivity index (χ3n) is 6.68. The van der Waals surface area contributed by atoms with Gasteiger partial charge in [0.2, 0.25) is 5.91 Å². The molecule has 2 N–H and O–H groups in total. The molecule has 31 heavy (non-hydrogen) atoms. The number of rotatable bonds is 6. The van der Waals surface area contributed by atoms with Crippen molar-refractivity contribution in [3.05, 3.63) is 11.6 Å². The summed E-state index contributed by atoms with van der Waals surface area (Å²) in [7, 11) is 0. The fourth-order valence-electron chi connectivity index (χ4n) is 5.02. The van der Waals surface area contributed by atoms with Gasteiger partial charge in [0.1, 0.15) is 11.6 Å². The monoisotopic (exact) mass is 543 g/mol. The molecule has 0 spiro atoms. The minimum Gasteiger partial charge on any atom is -0.357 e. The lowest BCUT2D eigenvalue weighted by atomic mass is 10.1. The molecule has 9 heteroatoms. The maximum atomic E-state index is 12.7. The van der Waals surface area contributed by atoms with Gasteiger partial charge in [0.25, 0.3) is 0 Å². The SMILES string of the molecule is CCNC(=NCCc1nnc2n1CCCCC2)NC1CCN(C(=O)C2CCCC2)C1.I. The highest BCUT2D eigenvalue weighted by molar-refractivity contribution is 14.0. The summed E-state index contributed by atoms with van der Waals surface area (Å²) in [6.07, 6.45) is 11.1. The molecule has 1 saturated heterocycles. The fourth-order valence-corrected chi connectivity index (χ4v) is 5.02. The summed E-state index contributed by atoms with van der Waals surface area (Å²) in [4.78, 5) is 19.5. The molecule has 174 valence electrons. The topological polar surface area (TPSA) is 87.4 Å². The number of fused-ring (bicyclic) bond motifs is 1. The number of nitrogens with one attached hydrogen (secondary N) is 2. The van der Waals surface area contributed by atoms with Crippen LogP contribution < -0.4 is 10.6 Å². The van der Waals surface area contributed by atoms with Crippen LogP contribution in [0.5, 0.6) is 0 Å². The van der Waals surface area contributed by atoms with Crippen LogP contribution in [-0.4, -0.2) is 63.8 Å². The van der Waals surface area contributed by atoms with E-state index in [9.17, 15) is 4.79 Å². The van der Waals surface area contributed by atoms with Crippen LogP contribution in [0.1, 0.15) is 69.9 Å². The highest BCUT2D eigenvalue weighted by Crippen LogP contribution is 2.27. The molecular formula is C22H38IN7O. The number of aromatic nitrogens is 3. The van der Waals surface area contributed by atoms with Crippen molar-refractivity contribution in [1.29, 1.82) is 0 Å². The number of carbonyl (C=O) groups excluding carboxylic acids is 1. The first-order valence-corrected chi connectivity index (χ1v) is 12.0. The van der Waals surface area contributed by atoms with Crippen molar-refractivity contribution in [2.45, 2.75) is 83.7 Å². The number of amides is 1. The number of halogens is 1. The molecule has 1 saturated carbocycles. The third-order valence-corrected chi connectivity index (χ3v) is 6.68. The second-order valence-electron chi connectivity index (χ2n) is 8.90. The average molecular weight is 543 g/mol. The van der Waals surface area contributed by atoms with Crippen LogP contribution in [-0.2, 0) is 24.2 Å². The van der Waals surface area contributed by atoms with Crippen LogP contribution in [0.15, 0.2) is 4.99 Å². The molecule has 1 atom stereocenters. The molecule has 1 amide bonds. The Bertz CT molecular complexity index is 744. The van der Waals surface area contributed by atoms with Gasteiger partial charge < -0.3 is 20.1 Å². The van der Waals surface area contributed by atoms with E-state index in [1.165, 1.54) is 32.1 Å². The highest BCUT2D eigenvalue weighted by atomic mass is 127. The van der Waals surface area contributed by atoms with Crippen molar-refractivity contribution >= 4 is 35.8 Å². The lowest BCUT2D eigenvalue weighted by molar-refractivity contribution is -0.134. The van der Waals surface area contributed by atoms with Gasteiger partial charge in [-0.25, -0.2) is 0 Å². The molecule has 0 bridgehead atoms. The molecular weight excluding hydrogens is 505 g/mol. The predicted octanol–water partition coefficient (Wildman–Crippen LogP) is 2.51. The molecule has 3 heterocycles. The van der Waals surface area contributed by atoms with Gasteiger partial charge in [-0.05, 0) is 39.0 Å². The summed E-state index contributed by atoms with van der Waals surface area (Å²) >= 11 is 0. The van der Waals surface area contributed by atoms with Crippen LogP contribution in [0.25, 0.3) is 0 Å². The van der Waals surface area contributed by atoms with Crippen molar-refractivity contribution in [3.63, 3.8) is 0 Å². The largest absolute Gasteiger partial charge is 0.357 e. The summed E-state index contributed by atoms with van der Waals surface area (Å²) < 4.78 is 2.30. The molecule has 1 aromatic rings. The standard InChI is InChI=1S/C22H37N7O.HI/c1-2-23-22(24-13-11-20-27-26-19-10-4-3-7-14-29(19)20)25-18-12-15-28(16-18)21(30)17-8-5-6-9-17;/h17-18H,2-16H2,1H3,(H2,23,24,25);1H. The van der Waals surface area contributed by atoms with E-state index in [4.69, 9.17) is 4.99 Å².